The van der Waals surface area contributed by atoms with Crippen LogP contribution in [0.1, 0.15) is 61.8 Å². The van der Waals surface area contributed by atoms with Gasteiger partial charge in [0.2, 0.25) is 0 Å². The van der Waals surface area contributed by atoms with Gasteiger partial charge in [-0.2, -0.15) is 0 Å². The molecule has 0 amide bonds. The van der Waals surface area contributed by atoms with E-state index in [0.29, 0.717) is 17.9 Å². The van der Waals surface area contributed by atoms with Crippen molar-refractivity contribution in [2.45, 2.75) is 67.4 Å². The van der Waals surface area contributed by atoms with Gasteiger partial charge in [0.05, 0.1) is 18.8 Å². The van der Waals surface area contributed by atoms with Gasteiger partial charge in [-0.15, -0.1) is 0 Å². The van der Waals surface area contributed by atoms with Gasteiger partial charge in [-0.1, -0.05) is 48.0 Å². The van der Waals surface area contributed by atoms with Crippen molar-refractivity contribution >= 4 is 0 Å². The van der Waals surface area contributed by atoms with Crippen molar-refractivity contribution in [2.24, 2.45) is 16.7 Å². The highest BCUT2D eigenvalue weighted by Crippen LogP contribution is 2.49. The van der Waals surface area contributed by atoms with E-state index in [1.807, 2.05) is 0 Å². The van der Waals surface area contributed by atoms with E-state index in [4.69, 9.17) is 9.84 Å². The SMILES string of the molecule is CCC(C)(C)C(C)C(C)(C)C(C)(C)OCCO. The van der Waals surface area contributed by atoms with Crippen LogP contribution in [0.2, 0.25) is 0 Å². The molecule has 0 aliphatic rings. The molecule has 104 valence electrons. The molecule has 1 N–H and O–H groups in total. The van der Waals surface area contributed by atoms with Crippen LogP contribution in [0, 0.1) is 16.7 Å². The Morgan fingerprint density at radius 1 is 1.06 bits per heavy atom. The summed E-state index contributed by atoms with van der Waals surface area (Å²) >= 11 is 0. The number of aliphatic hydroxyl groups excluding tert-OH is 1. The molecule has 0 fully saturated rings. The number of ether oxygens (including phenoxy) is 1. The largest absolute Gasteiger partial charge is 0.394 e. The normalized spacial score (nSPS) is 16.1. The lowest BCUT2D eigenvalue weighted by atomic mass is 9.59. The second-order valence-electron chi connectivity index (χ2n) is 6.87. The third-order valence-electron chi connectivity index (χ3n) is 5.27. The quantitative estimate of drug-likeness (QED) is 0.736. The predicted molar refractivity (Wildman–Crippen MR) is 74.1 cm³/mol. The van der Waals surface area contributed by atoms with Gasteiger partial charge < -0.3 is 9.84 Å². The van der Waals surface area contributed by atoms with E-state index < -0.39 is 0 Å². The van der Waals surface area contributed by atoms with E-state index >= 15 is 0 Å². The monoisotopic (exact) mass is 244 g/mol. The van der Waals surface area contributed by atoms with Crippen LogP contribution in [0.25, 0.3) is 0 Å². The summed E-state index contributed by atoms with van der Waals surface area (Å²) in [5.74, 6) is 0.536. The van der Waals surface area contributed by atoms with Crippen LogP contribution in [0.5, 0.6) is 0 Å². The fourth-order valence-corrected chi connectivity index (χ4v) is 2.29. The van der Waals surface area contributed by atoms with Crippen LogP contribution in [0.4, 0.5) is 0 Å². The van der Waals surface area contributed by atoms with Crippen molar-refractivity contribution in [3.8, 4) is 0 Å². The molecule has 0 bridgehead atoms. The molecule has 0 saturated heterocycles. The van der Waals surface area contributed by atoms with Crippen LogP contribution in [0.3, 0.4) is 0 Å². The van der Waals surface area contributed by atoms with E-state index in [1.165, 1.54) is 0 Å². The first-order chi connectivity index (χ1) is 7.53. The molecule has 0 spiro atoms. The lowest BCUT2D eigenvalue weighted by Gasteiger charge is -2.51. The van der Waals surface area contributed by atoms with E-state index in [-0.39, 0.29) is 17.6 Å². The first-order valence-electron chi connectivity index (χ1n) is 6.77. The summed E-state index contributed by atoms with van der Waals surface area (Å²) in [7, 11) is 0. The molecule has 1 unspecified atom stereocenters. The Balaban J connectivity index is 4.97. The number of rotatable bonds is 7. The summed E-state index contributed by atoms with van der Waals surface area (Å²) in [6.07, 6.45) is 1.16. The summed E-state index contributed by atoms with van der Waals surface area (Å²) in [6, 6.07) is 0. The molecule has 0 aromatic heterocycles. The molecular formula is C15H32O2. The highest BCUT2D eigenvalue weighted by Gasteiger charge is 2.46. The van der Waals surface area contributed by atoms with Crippen molar-refractivity contribution in [3.63, 3.8) is 0 Å². The van der Waals surface area contributed by atoms with Crippen LogP contribution >= 0.6 is 0 Å². The molecule has 1 atom stereocenters. The minimum Gasteiger partial charge on any atom is -0.394 e. The number of hydrogen-bond acceptors (Lipinski definition) is 2. The summed E-state index contributed by atoms with van der Waals surface area (Å²) in [5.41, 5.74) is 0.118. The van der Waals surface area contributed by atoms with Crippen LogP contribution in [-0.4, -0.2) is 23.9 Å². The van der Waals surface area contributed by atoms with E-state index in [2.05, 4.69) is 55.4 Å². The van der Waals surface area contributed by atoms with Gasteiger partial charge in [0.25, 0.3) is 0 Å². The maximum atomic E-state index is 8.91. The number of aliphatic hydroxyl groups is 1. The fraction of sp³-hybridized carbons (Fsp3) is 1.00. The van der Waals surface area contributed by atoms with Gasteiger partial charge in [-0.25, -0.2) is 0 Å². The highest BCUT2D eigenvalue weighted by molar-refractivity contribution is 4.96. The molecule has 0 heterocycles. The van der Waals surface area contributed by atoms with Crippen LogP contribution in [-0.2, 0) is 4.74 Å². The highest BCUT2D eigenvalue weighted by atomic mass is 16.5. The average Bonchev–Trinajstić information content (AvgIpc) is 2.24. The van der Waals surface area contributed by atoms with Crippen LogP contribution < -0.4 is 0 Å². The van der Waals surface area contributed by atoms with Gasteiger partial charge in [0, 0.05) is 0 Å². The second kappa shape index (κ2) is 5.71. The summed E-state index contributed by atoms with van der Waals surface area (Å²) in [4.78, 5) is 0. The molecule has 0 aromatic carbocycles. The fourth-order valence-electron chi connectivity index (χ4n) is 2.29. The molecule has 0 radical (unpaired) electrons. The minimum absolute atomic E-state index is 0.0572. The Labute approximate surface area is 108 Å². The van der Waals surface area contributed by atoms with Gasteiger partial charge in [-0.05, 0) is 30.6 Å². The molecule has 0 aliphatic carbocycles. The predicted octanol–water partition coefficient (Wildman–Crippen LogP) is 3.87. The molecular weight excluding hydrogens is 212 g/mol. The first-order valence-corrected chi connectivity index (χ1v) is 6.77. The van der Waals surface area contributed by atoms with Crippen molar-refractivity contribution in [1.29, 1.82) is 0 Å². The standard InChI is InChI=1S/C15H32O2/c1-9-13(3,4)12(2)14(5,6)15(7,8)17-11-10-16/h12,16H,9-11H2,1-8H3. The molecule has 17 heavy (non-hydrogen) atoms. The van der Waals surface area contributed by atoms with Gasteiger partial charge in [0.15, 0.2) is 0 Å². The Kier molecular flexibility index (Phi) is 5.68. The topological polar surface area (TPSA) is 29.5 Å². The third kappa shape index (κ3) is 3.69. The van der Waals surface area contributed by atoms with E-state index in [0.717, 1.165) is 6.42 Å². The van der Waals surface area contributed by atoms with Crippen molar-refractivity contribution in [2.75, 3.05) is 13.2 Å². The zero-order valence-electron chi connectivity index (χ0n) is 13.1. The molecule has 0 aliphatic heterocycles. The van der Waals surface area contributed by atoms with Crippen LogP contribution in [0.15, 0.2) is 0 Å². The first kappa shape index (κ1) is 16.9. The third-order valence-corrected chi connectivity index (χ3v) is 5.27. The maximum absolute atomic E-state index is 8.91. The Morgan fingerprint density at radius 2 is 1.53 bits per heavy atom. The van der Waals surface area contributed by atoms with Gasteiger partial charge in [0.1, 0.15) is 0 Å². The average molecular weight is 244 g/mol. The molecule has 2 nitrogen and oxygen atoms in total. The Morgan fingerprint density at radius 3 is 1.88 bits per heavy atom. The smallest absolute Gasteiger partial charge is 0.0705 e. The maximum Gasteiger partial charge on any atom is 0.0705 e. The lowest BCUT2D eigenvalue weighted by molar-refractivity contribution is -0.142. The zero-order chi connectivity index (χ0) is 13.9. The molecule has 0 saturated carbocycles. The minimum atomic E-state index is -0.235. The Hall–Kier alpha value is -0.0800. The molecule has 0 aromatic rings. The van der Waals surface area contributed by atoms with E-state index in [1.54, 1.807) is 0 Å². The molecule has 2 heteroatoms. The lowest BCUT2D eigenvalue weighted by Crippen LogP contribution is -2.50. The summed E-state index contributed by atoms with van der Waals surface area (Å²) < 4.78 is 5.85. The summed E-state index contributed by atoms with van der Waals surface area (Å²) in [6.45, 7) is 18.5. The van der Waals surface area contributed by atoms with Gasteiger partial charge >= 0.3 is 0 Å². The van der Waals surface area contributed by atoms with Gasteiger partial charge in [-0.3, -0.25) is 0 Å². The van der Waals surface area contributed by atoms with Crippen molar-refractivity contribution < 1.29 is 9.84 Å². The zero-order valence-corrected chi connectivity index (χ0v) is 13.1. The second-order valence-corrected chi connectivity index (χ2v) is 6.87. The van der Waals surface area contributed by atoms with E-state index in [9.17, 15) is 0 Å². The summed E-state index contributed by atoms with van der Waals surface area (Å²) in [5, 5.41) is 8.91. The molecule has 0 rings (SSSR count). The Bertz CT molecular complexity index is 229. The van der Waals surface area contributed by atoms with Crippen molar-refractivity contribution in [3.05, 3.63) is 0 Å². The number of hydrogen-bond donors (Lipinski definition) is 1. The van der Waals surface area contributed by atoms with Crippen molar-refractivity contribution in [1.82, 2.24) is 0 Å².